The number of halogens is 3. The highest BCUT2D eigenvalue weighted by atomic mass is 35.5. The number of hydrogen-bond acceptors (Lipinski definition) is 1. The van der Waals surface area contributed by atoms with Gasteiger partial charge < -0.3 is 5.73 Å². The number of rotatable bonds is 0. The summed E-state index contributed by atoms with van der Waals surface area (Å²) in [6.45, 7) is 1.84. The summed E-state index contributed by atoms with van der Waals surface area (Å²) in [5.41, 5.74) is 4.66. The molecule has 4 heteroatoms. The van der Waals surface area contributed by atoms with Crippen LogP contribution >= 0.6 is 12.4 Å². The summed E-state index contributed by atoms with van der Waals surface area (Å²) in [7, 11) is 0. The predicted molar refractivity (Wildman–Crippen MR) is 41.1 cm³/mol. The average molecular weight is 184 g/mol. The lowest BCUT2D eigenvalue weighted by molar-refractivity contribution is -0.00486. The highest BCUT2D eigenvalue weighted by molar-refractivity contribution is 5.85. The summed E-state index contributed by atoms with van der Waals surface area (Å²) in [5, 5.41) is 0. The first-order chi connectivity index (χ1) is 4.37. The first-order valence-electron chi connectivity index (χ1n) is 3.54. The van der Waals surface area contributed by atoms with Crippen molar-refractivity contribution in [1.82, 2.24) is 0 Å². The molecule has 0 aromatic carbocycles. The maximum Gasteiger partial charge on any atom is 0.254 e. The van der Waals surface area contributed by atoms with Crippen molar-refractivity contribution in [2.75, 3.05) is 0 Å². The van der Waals surface area contributed by atoms with Gasteiger partial charge >= 0.3 is 0 Å². The molecule has 2 aliphatic rings. The minimum absolute atomic E-state index is 0. The fraction of sp³-hybridized carbons (Fsp3) is 1.00. The van der Waals surface area contributed by atoms with Crippen molar-refractivity contribution < 1.29 is 8.78 Å². The molecule has 0 heterocycles. The van der Waals surface area contributed by atoms with Crippen molar-refractivity contribution in [1.29, 1.82) is 0 Å². The summed E-state index contributed by atoms with van der Waals surface area (Å²) in [5.74, 6) is -2.38. The lowest BCUT2D eigenvalue weighted by atomic mass is 9.67. The standard InChI is InChI=1S/C7H11F2N.ClH/c1-5(10)2-6(3-5)4-7(6,8)9;/h2-4,10H2,1H3;1H. The third kappa shape index (κ3) is 1.05. The molecule has 1 spiro atoms. The van der Waals surface area contributed by atoms with Crippen molar-refractivity contribution in [2.24, 2.45) is 11.1 Å². The largest absolute Gasteiger partial charge is 0.325 e. The normalized spacial score (nSPS) is 51.3. The molecule has 0 saturated heterocycles. The van der Waals surface area contributed by atoms with E-state index in [1.807, 2.05) is 6.92 Å². The van der Waals surface area contributed by atoms with E-state index in [0.717, 1.165) is 0 Å². The smallest absolute Gasteiger partial charge is 0.254 e. The Balaban J connectivity index is 0.000000605. The minimum Gasteiger partial charge on any atom is -0.325 e. The third-order valence-electron chi connectivity index (χ3n) is 2.70. The molecule has 0 bridgehead atoms. The van der Waals surface area contributed by atoms with Crippen LogP contribution in [0.5, 0.6) is 0 Å². The van der Waals surface area contributed by atoms with Gasteiger partial charge in [0.2, 0.25) is 0 Å². The molecular weight excluding hydrogens is 172 g/mol. The molecule has 0 amide bonds. The lowest BCUT2D eigenvalue weighted by Gasteiger charge is -2.42. The van der Waals surface area contributed by atoms with E-state index < -0.39 is 11.3 Å². The van der Waals surface area contributed by atoms with Gasteiger partial charge in [0.05, 0.1) is 0 Å². The highest BCUT2D eigenvalue weighted by Gasteiger charge is 2.77. The zero-order chi connectivity index (χ0) is 7.62. The average Bonchev–Trinajstić information content (AvgIpc) is 2.01. The third-order valence-corrected chi connectivity index (χ3v) is 2.70. The molecule has 0 aromatic heterocycles. The first kappa shape index (κ1) is 9.20. The van der Waals surface area contributed by atoms with E-state index in [1.54, 1.807) is 0 Å². The van der Waals surface area contributed by atoms with Crippen LogP contribution in [0.25, 0.3) is 0 Å². The quantitative estimate of drug-likeness (QED) is 0.611. The molecule has 2 saturated carbocycles. The van der Waals surface area contributed by atoms with Crippen LogP contribution in [-0.2, 0) is 0 Å². The molecule has 1 nitrogen and oxygen atoms in total. The van der Waals surface area contributed by atoms with Gasteiger partial charge in [0, 0.05) is 17.4 Å². The van der Waals surface area contributed by atoms with E-state index >= 15 is 0 Å². The second-order valence-electron chi connectivity index (χ2n) is 4.17. The maximum atomic E-state index is 12.5. The molecule has 0 unspecified atom stereocenters. The minimum atomic E-state index is -2.38. The molecule has 0 radical (unpaired) electrons. The molecule has 0 atom stereocenters. The van der Waals surface area contributed by atoms with Gasteiger partial charge in [-0.3, -0.25) is 0 Å². The molecule has 0 aromatic rings. The van der Waals surface area contributed by atoms with Crippen LogP contribution in [0.3, 0.4) is 0 Å². The Kier molecular flexibility index (Phi) is 1.57. The van der Waals surface area contributed by atoms with Crippen LogP contribution in [0.2, 0.25) is 0 Å². The SMILES string of the molecule is CC1(N)CC2(C1)CC2(F)F.Cl. The van der Waals surface area contributed by atoms with Gasteiger partial charge in [-0.1, -0.05) is 0 Å². The molecular formula is C7H12ClF2N. The van der Waals surface area contributed by atoms with Crippen molar-refractivity contribution in [3.63, 3.8) is 0 Å². The summed E-state index contributed by atoms with van der Waals surface area (Å²) < 4.78 is 25.0. The zero-order valence-electron chi connectivity index (χ0n) is 6.36. The fourth-order valence-electron chi connectivity index (χ4n) is 2.26. The topological polar surface area (TPSA) is 26.0 Å². The monoisotopic (exact) mass is 183 g/mol. The van der Waals surface area contributed by atoms with Crippen LogP contribution in [0.1, 0.15) is 26.2 Å². The van der Waals surface area contributed by atoms with Gasteiger partial charge in [0.1, 0.15) is 0 Å². The lowest BCUT2D eigenvalue weighted by Crippen LogP contribution is -2.52. The number of alkyl halides is 2. The molecule has 2 fully saturated rings. The Morgan fingerprint density at radius 2 is 1.55 bits per heavy atom. The van der Waals surface area contributed by atoms with Crippen molar-refractivity contribution in [3.8, 4) is 0 Å². The van der Waals surface area contributed by atoms with Crippen LogP contribution < -0.4 is 5.73 Å². The molecule has 0 aliphatic heterocycles. The van der Waals surface area contributed by atoms with Crippen molar-refractivity contribution >= 4 is 12.4 Å². The summed E-state index contributed by atoms with van der Waals surface area (Å²) >= 11 is 0. The second-order valence-corrected chi connectivity index (χ2v) is 4.17. The van der Waals surface area contributed by atoms with Crippen LogP contribution in [-0.4, -0.2) is 11.5 Å². The Labute approximate surface area is 70.7 Å². The van der Waals surface area contributed by atoms with Crippen molar-refractivity contribution in [2.45, 2.75) is 37.6 Å². The maximum absolute atomic E-state index is 12.5. The summed E-state index contributed by atoms with van der Waals surface area (Å²) in [4.78, 5) is 0. The Hall–Kier alpha value is 0.110. The van der Waals surface area contributed by atoms with Gasteiger partial charge in [-0.05, 0) is 19.8 Å². The van der Waals surface area contributed by atoms with Crippen molar-refractivity contribution in [3.05, 3.63) is 0 Å². The Morgan fingerprint density at radius 1 is 1.18 bits per heavy atom. The van der Waals surface area contributed by atoms with Crippen LogP contribution in [0.4, 0.5) is 8.78 Å². The van der Waals surface area contributed by atoms with Gasteiger partial charge in [-0.15, -0.1) is 12.4 Å². The molecule has 66 valence electrons. The van der Waals surface area contributed by atoms with Gasteiger partial charge in [0.25, 0.3) is 5.92 Å². The number of hydrogen-bond donors (Lipinski definition) is 1. The van der Waals surface area contributed by atoms with E-state index in [-0.39, 0.29) is 24.4 Å². The molecule has 2 aliphatic carbocycles. The second kappa shape index (κ2) is 1.88. The van der Waals surface area contributed by atoms with E-state index in [2.05, 4.69) is 0 Å². The summed E-state index contributed by atoms with van der Waals surface area (Å²) in [6.07, 6.45) is 1.09. The van der Waals surface area contributed by atoms with E-state index in [9.17, 15) is 8.78 Å². The van der Waals surface area contributed by atoms with Gasteiger partial charge in [-0.25, -0.2) is 8.78 Å². The molecule has 2 rings (SSSR count). The molecule has 11 heavy (non-hydrogen) atoms. The van der Waals surface area contributed by atoms with E-state index in [0.29, 0.717) is 12.8 Å². The summed E-state index contributed by atoms with van der Waals surface area (Å²) in [6, 6.07) is 0. The van der Waals surface area contributed by atoms with Crippen LogP contribution in [0, 0.1) is 5.41 Å². The van der Waals surface area contributed by atoms with E-state index in [4.69, 9.17) is 5.73 Å². The zero-order valence-corrected chi connectivity index (χ0v) is 7.18. The van der Waals surface area contributed by atoms with Crippen LogP contribution in [0.15, 0.2) is 0 Å². The Morgan fingerprint density at radius 3 is 1.64 bits per heavy atom. The van der Waals surface area contributed by atoms with Gasteiger partial charge in [0.15, 0.2) is 0 Å². The fourth-order valence-corrected chi connectivity index (χ4v) is 2.26. The Bertz CT molecular complexity index is 183. The van der Waals surface area contributed by atoms with E-state index in [1.165, 1.54) is 0 Å². The highest BCUT2D eigenvalue weighted by Crippen LogP contribution is 2.73. The first-order valence-corrected chi connectivity index (χ1v) is 3.54. The number of nitrogens with two attached hydrogens (primary N) is 1. The van der Waals surface area contributed by atoms with Gasteiger partial charge in [-0.2, -0.15) is 0 Å². The molecule has 2 N–H and O–H groups in total. The predicted octanol–water partition coefficient (Wildman–Crippen LogP) is 1.94.